The Morgan fingerprint density at radius 3 is 2.51 bits per heavy atom. The monoisotopic (exact) mass is 509 g/mol. The summed E-state index contributed by atoms with van der Waals surface area (Å²) in [6, 6.07) is 17.4. The maximum atomic E-state index is 13.6. The summed E-state index contributed by atoms with van der Waals surface area (Å²) in [6.45, 7) is 2.33. The minimum atomic E-state index is -0.396. The summed E-state index contributed by atoms with van der Waals surface area (Å²) < 4.78 is 0. The van der Waals surface area contributed by atoms with Crippen molar-refractivity contribution in [2.75, 3.05) is 16.8 Å². The Labute approximate surface area is 214 Å². The molecule has 1 aliphatic heterocycles. The van der Waals surface area contributed by atoms with Gasteiger partial charge in [0.1, 0.15) is 0 Å². The maximum Gasteiger partial charge on any atom is 0.259 e. The van der Waals surface area contributed by atoms with Crippen LogP contribution in [0.5, 0.6) is 0 Å². The summed E-state index contributed by atoms with van der Waals surface area (Å²) in [5.74, 6) is -1.03. The van der Waals surface area contributed by atoms with E-state index in [-0.39, 0.29) is 29.2 Å². The first-order valence-electron chi connectivity index (χ1n) is 11.3. The van der Waals surface area contributed by atoms with Gasteiger partial charge in [-0.3, -0.25) is 14.4 Å². The Hall–Kier alpha value is -3.35. The molecule has 0 aromatic heterocycles. The second kappa shape index (κ2) is 10.5. The zero-order valence-corrected chi connectivity index (χ0v) is 20.7. The molecule has 1 unspecified atom stereocenters. The van der Waals surface area contributed by atoms with E-state index in [1.165, 1.54) is 0 Å². The summed E-state index contributed by atoms with van der Waals surface area (Å²) in [5, 5.41) is 3.59. The smallest absolute Gasteiger partial charge is 0.259 e. The van der Waals surface area contributed by atoms with Crippen LogP contribution in [-0.2, 0) is 4.79 Å². The van der Waals surface area contributed by atoms with Crippen LogP contribution in [-0.4, -0.2) is 24.3 Å². The summed E-state index contributed by atoms with van der Waals surface area (Å²) in [6.07, 6.45) is 1.58. The third-order valence-electron chi connectivity index (χ3n) is 6.19. The number of primary amides is 1. The summed E-state index contributed by atoms with van der Waals surface area (Å²) in [5.41, 5.74) is 9.21. The lowest BCUT2D eigenvalue weighted by molar-refractivity contribution is -0.118. The zero-order chi connectivity index (χ0) is 25.1. The minimum Gasteiger partial charge on any atom is -0.370 e. The number of nitrogens with one attached hydrogen (secondary N) is 1. The predicted octanol–water partition coefficient (Wildman–Crippen LogP) is 5.95. The fourth-order valence-electron chi connectivity index (χ4n) is 4.47. The van der Waals surface area contributed by atoms with Gasteiger partial charge in [0.2, 0.25) is 5.91 Å². The Bertz CT molecular complexity index is 1310. The van der Waals surface area contributed by atoms with E-state index in [4.69, 9.17) is 28.9 Å². The average Bonchev–Trinajstić information content (AvgIpc) is 2.98. The second-order valence-electron chi connectivity index (χ2n) is 8.63. The van der Waals surface area contributed by atoms with Gasteiger partial charge in [0.25, 0.3) is 11.8 Å². The number of amides is 3. The van der Waals surface area contributed by atoms with Crippen LogP contribution in [0.2, 0.25) is 10.0 Å². The fourth-order valence-corrected chi connectivity index (χ4v) is 4.92. The highest BCUT2D eigenvalue weighted by molar-refractivity contribution is 6.35. The number of nitrogens with zero attached hydrogens (tertiary/aromatic N) is 1. The molecule has 0 bridgehead atoms. The lowest BCUT2D eigenvalue weighted by Gasteiger charge is -2.25. The molecule has 3 amide bonds. The van der Waals surface area contributed by atoms with Gasteiger partial charge in [-0.2, -0.15) is 0 Å². The van der Waals surface area contributed by atoms with Crippen LogP contribution in [0, 0.1) is 6.92 Å². The van der Waals surface area contributed by atoms with Gasteiger partial charge in [-0.05, 0) is 79.3 Å². The van der Waals surface area contributed by atoms with Crippen molar-refractivity contribution in [3.8, 4) is 0 Å². The van der Waals surface area contributed by atoms with Crippen LogP contribution < -0.4 is 16.0 Å². The van der Waals surface area contributed by atoms with Crippen molar-refractivity contribution in [1.29, 1.82) is 0 Å². The first kappa shape index (κ1) is 24.8. The molecule has 4 rings (SSSR count). The SMILES string of the molecule is Cc1ccccc1C(=O)Nc1ccc(C(=O)N2CCCC(CC(N)=O)c3cc(Cl)ccc32)c(Cl)c1. The summed E-state index contributed by atoms with van der Waals surface area (Å²) in [4.78, 5) is 39.5. The van der Waals surface area contributed by atoms with Gasteiger partial charge in [0.05, 0.1) is 10.6 Å². The van der Waals surface area contributed by atoms with Gasteiger partial charge in [0, 0.05) is 34.9 Å². The third kappa shape index (κ3) is 5.50. The maximum absolute atomic E-state index is 13.6. The van der Waals surface area contributed by atoms with Crippen LogP contribution >= 0.6 is 23.2 Å². The zero-order valence-electron chi connectivity index (χ0n) is 19.2. The van der Waals surface area contributed by atoms with Crippen LogP contribution in [0.3, 0.4) is 0 Å². The molecule has 3 aromatic rings. The van der Waals surface area contributed by atoms with Gasteiger partial charge in [-0.15, -0.1) is 0 Å². The van der Waals surface area contributed by atoms with E-state index < -0.39 is 5.91 Å². The van der Waals surface area contributed by atoms with E-state index in [0.29, 0.717) is 46.9 Å². The van der Waals surface area contributed by atoms with Crippen molar-refractivity contribution in [3.05, 3.63) is 93.0 Å². The Morgan fingerprint density at radius 2 is 1.80 bits per heavy atom. The lowest BCUT2D eigenvalue weighted by atomic mass is 9.91. The number of aryl methyl sites for hydroxylation is 1. The average molecular weight is 510 g/mol. The summed E-state index contributed by atoms with van der Waals surface area (Å²) in [7, 11) is 0. The molecule has 0 saturated carbocycles. The molecule has 0 aliphatic carbocycles. The van der Waals surface area contributed by atoms with E-state index in [2.05, 4.69) is 5.32 Å². The van der Waals surface area contributed by atoms with Gasteiger partial charge >= 0.3 is 0 Å². The molecule has 0 spiro atoms. The highest BCUT2D eigenvalue weighted by Crippen LogP contribution is 2.39. The van der Waals surface area contributed by atoms with Crippen molar-refractivity contribution in [3.63, 3.8) is 0 Å². The normalized spacial score (nSPS) is 15.2. The number of rotatable bonds is 5. The molecule has 3 N–H and O–H groups in total. The van der Waals surface area contributed by atoms with Gasteiger partial charge in [-0.25, -0.2) is 0 Å². The molecule has 35 heavy (non-hydrogen) atoms. The second-order valence-corrected chi connectivity index (χ2v) is 9.48. The van der Waals surface area contributed by atoms with Crippen molar-refractivity contribution in [2.24, 2.45) is 5.73 Å². The molecule has 6 nitrogen and oxygen atoms in total. The van der Waals surface area contributed by atoms with E-state index >= 15 is 0 Å². The predicted molar refractivity (Wildman–Crippen MR) is 139 cm³/mol. The molecule has 8 heteroatoms. The molecule has 0 fully saturated rings. The number of anilines is 2. The van der Waals surface area contributed by atoms with Crippen LogP contribution in [0.4, 0.5) is 11.4 Å². The highest BCUT2D eigenvalue weighted by atomic mass is 35.5. The molecule has 1 aliphatic rings. The van der Waals surface area contributed by atoms with Gasteiger partial charge in [0.15, 0.2) is 0 Å². The van der Waals surface area contributed by atoms with Crippen LogP contribution in [0.15, 0.2) is 60.7 Å². The van der Waals surface area contributed by atoms with Crippen molar-refractivity contribution >= 4 is 52.3 Å². The molecular weight excluding hydrogens is 485 g/mol. The quantitative estimate of drug-likeness (QED) is 0.444. The first-order valence-corrected chi connectivity index (χ1v) is 12.1. The lowest BCUT2D eigenvalue weighted by Crippen LogP contribution is -2.32. The van der Waals surface area contributed by atoms with Gasteiger partial charge < -0.3 is 16.0 Å². The van der Waals surface area contributed by atoms with Crippen molar-refractivity contribution in [2.45, 2.75) is 32.1 Å². The minimum absolute atomic E-state index is 0.117. The van der Waals surface area contributed by atoms with Gasteiger partial charge in [-0.1, -0.05) is 41.4 Å². The molecule has 3 aromatic carbocycles. The number of halogens is 2. The van der Waals surface area contributed by atoms with E-state index in [1.54, 1.807) is 53.4 Å². The largest absolute Gasteiger partial charge is 0.370 e. The Morgan fingerprint density at radius 1 is 1.03 bits per heavy atom. The van der Waals surface area contributed by atoms with E-state index in [0.717, 1.165) is 11.1 Å². The molecule has 1 atom stereocenters. The fraction of sp³-hybridized carbons (Fsp3) is 0.222. The molecule has 0 saturated heterocycles. The third-order valence-corrected chi connectivity index (χ3v) is 6.74. The molecule has 0 radical (unpaired) electrons. The van der Waals surface area contributed by atoms with Crippen LogP contribution in [0.1, 0.15) is 57.0 Å². The van der Waals surface area contributed by atoms with Crippen LogP contribution in [0.25, 0.3) is 0 Å². The van der Waals surface area contributed by atoms with E-state index in [1.807, 2.05) is 19.1 Å². The summed E-state index contributed by atoms with van der Waals surface area (Å²) >= 11 is 12.8. The standard InChI is InChI=1S/C27H25Cl2N3O3/c1-16-5-2-3-7-20(16)26(34)31-19-9-10-21(23(29)15-19)27(35)32-12-4-6-17(13-25(30)33)22-14-18(28)8-11-24(22)32/h2-3,5,7-11,14-15,17H,4,6,12-13H2,1H3,(H2,30,33)(H,31,34). The molecular formula is C27H25Cl2N3O3. The van der Waals surface area contributed by atoms with E-state index in [9.17, 15) is 14.4 Å². The molecule has 180 valence electrons. The number of carbonyl (C=O) groups excluding carboxylic acids is 3. The number of nitrogens with two attached hydrogens (primary N) is 1. The Balaban J connectivity index is 1.60. The first-order chi connectivity index (χ1) is 16.7. The molecule has 1 heterocycles. The number of benzene rings is 3. The Kier molecular flexibility index (Phi) is 7.43. The topological polar surface area (TPSA) is 92.5 Å². The number of carbonyl (C=O) groups is 3. The number of hydrogen-bond acceptors (Lipinski definition) is 3. The van der Waals surface area contributed by atoms with Crippen molar-refractivity contribution in [1.82, 2.24) is 0 Å². The van der Waals surface area contributed by atoms with Crippen molar-refractivity contribution < 1.29 is 14.4 Å². The number of hydrogen-bond donors (Lipinski definition) is 2. The highest BCUT2D eigenvalue weighted by Gasteiger charge is 2.29. The number of fused-ring (bicyclic) bond motifs is 1.